The highest BCUT2D eigenvalue weighted by Crippen LogP contribution is 2.49. The van der Waals surface area contributed by atoms with E-state index in [1.807, 2.05) is 24.3 Å². The van der Waals surface area contributed by atoms with Gasteiger partial charge in [-0.2, -0.15) is 5.10 Å². The minimum atomic E-state index is -0.429. The van der Waals surface area contributed by atoms with Gasteiger partial charge in [0.2, 0.25) is 12.0 Å². The average Bonchev–Trinajstić information content (AvgIpc) is 3.27. The second kappa shape index (κ2) is 8.35. The van der Waals surface area contributed by atoms with Crippen LogP contribution in [0.2, 0.25) is 0 Å². The van der Waals surface area contributed by atoms with E-state index in [-0.39, 0.29) is 6.04 Å². The van der Waals surface area contributed by atoms with Crippen LogP contribution >= 0.6 is 0 Å². The molecule has 0 radical (unpaired) electrons. The van der Waals surface area contributed by atoms with Crippen molar-refractivity contribution < 1.29 is 18.9 Å². The molecule has 0 fully saturated rings. The van der Waals surface area contributed by atoms with Gasteiger partial charge in [0, 0.05) is 23.1 Å². The van der Waals surface area contributed by atoms with Crippen molar-refractivity contribution in [2.75, 3.05) is 21.3 Å². The largest absolute Gasteiger partial charge is 0.493 e. The molecule has 0 saturated heterocycles. The number of nitrogens with zero attached hydrogens (tertiary/aromatic N) is 2. The fourth-order valence-electron chi connectivity index (χ4n) is 4.80. The number of para-hydroxylation sites is 1. The monoisotopic (exact) mass is 444 g/mol. The lowest BCUT2D eigenvalue weighted by molar-refractivity contribution is -0.0192. The van der Waals surface area contributed by atoms with Crippen LogP contribution in [0.15, 0.2) is 59.7 Å². The number of fused-ring (bicyclic) bond motifs is 3. The normalized spacial score (nSPS) is 18.7. The Kier molecular flexibility index (Phi) is 5.36. The molecule has 0 amide bonds. The van der Waals surface area contributed by atoms with Crippen LogP contribution in [0.4, 0.5) is 0 Å². The van der Waals surface area contributed by atoms with Crippen molar-refractivity contribution in [2.24, 2.45) is 5.10 Å². The van der Waals surface area contributed by atoms with Crippen LogP contribution in [0.25, 0.3) is 0 Å². The Morgan fingerprint density at radius 3 is 2.30 bits per heavy atom. The summed E-state index contributed by atoms with van der Waals surface area (Å²) in [6.45, 7) is 4.25. The maximum Gasteiger partial charge on any atom is 0.214 e. The molecule has 0 unspecified atom stereocenters. The summed E-state index contributed by atoms with van der Waals surface area (Å²) in [7, 11) is 4.84. The Bertz CT molecular complexity index is 1210. The van der Waals surface area contributed by atoms with E-state index < -0.39 is 6.23 Å². The zero-order valence-electron chi connectivity index (χ0n) is 19.6. The predicted octanol–water partition coefficient (Wildman–Crippen LogP) is 5.57. The van der Waals surface area contributed by atoms with Gasteiger partial charge in [0.05, 0.1) is 33.1 Å². The van der Waals surface area contributed by atoms with Crippen LogP contribution in [-0.2, 0) is 0 Å². The molecule has 0 aliphatic carbocycles. The van der Waals surface area contributed by atoms with E-state index in [0.717, 1.165) is 29.0 Å². The maximum absolute atomic E-state index is 6.50. The van der Waals surface area contributed by atoms with Crippen molar-refractivity contribution in [3.63, 3.8) is 0 Å². The van der Waals surface area contributed by atoms with Crippen LogP contribution in [0.3, 0.4) is 0 Å². The molecular weight excluding hydrogens is 416 g/mol. The quantitative estimate of drug-likeness (QED) is 0.515. The topological polar surface area (TPSA) is 52.5 Å². The minimum Gasteiger partial charge on any atom is -0.493 e. The Balaban J connectivity index is 1.63. The number of hydrogen-bond donors (Lipinski definition) is 0. The summed E-state index contributed by atoms with van der Waals surface area (Å²) >= 11 is 0. The van der Waals surface area contributed by atoms with Gasteiger partial charge >= 0.3 is 0 Å². The van der Waals surface area contributed by atoms with Gasteiger partial charge in [-0.1, -0.05) is 42.0 Å². The molecule has 0 saturated carbocycles. The zero-order valence-corrected chi connectivity index (χ0v) is 19.6. The van der Waals surface area contributed by atoms with Crippen molar-refractivity contribution in [3.8, 4) is 23.0 Å². The van der Waals surface area contributed by atoms with E-state index in [4.69, 9.17) is 24.0 Å². The van der Waals surface area contributed by atoms with Crippen molar-refractivity contribution in [1.82, 2.24) is 5.01 Å². The lowest BCUT2D eigenvalue weighted by Gasteiger charge is -2.38. The van der Waals surface area contributed by atoms with E-state index in [0.29, 0.717) is 17.2 Å². The van der Waals surface area contributed by atoms with Gasteiger partial charge in [-0.3, -0.25) is 0 Å². The molecule has 3 aromatic carbocycles. The first kappa shape index (κ1) is 21.2. The molecule has 0 bridgehead atoms. The molecule has 0 spiro atoms. The lowest BCUT2D eigenvalue weighted by atomic mass is 9.94. The fourth-order valence-corrected chi connectivity index (χ4v) is 4.80. The molecule has 0 N–H and O–H groups in total. The van der Waals surface area contributed by atoms with Gasteiger partial charge < -0.3 is 18.9 Å². The second-order valence-electron chi connectivity index (χ2n) is 8.43. The van der Waals surface area contributed by atoms with Crippen molar-refractivity contribution >= 4 is 5.71 Å². The first-order chi connectivity index (χ1) is 16.0. The van der Waals surface area contributed by atoms with Gasteiger partial charge in [0.15, 0.2) is 11.5 Å². The molecule has 2 atom stereocenters. The SMILES string of the molecule is COc1cc([C@@H]2Oc3ccccc3[C@@H]3CC(c4ccc(C)cc4C)=NN32)cc(OC)c1OC. The van der Waals surface area contributed by atoms with Crippen molar-refractivity contribution in [2.45, 2.75) is 32.5 Å². The third-order valence-electron chi connectivity index (χ3n) is 6.36. The number of aryl methyl sites for hydroxylation is 2. The van der Waals surface area contributed by atoms with Gasteiger partial charge in [-0.05, 0) is 37.6 Å². The number of rotatable bonds is 5. The minimum absolute atomic E-state index is 0.0785. The zero-order chi connectivity index (χ0) is 23.1. The molecular formula is C27H28N2O4. The molecule has 2 aliphatic heterocycles. The van der Waals surface area contributed by atoms with Gasteiger partial charge in [0.1, 0.15) is 5.75 Å². The van der Waals surface area contributed by atoms with Gasteiger partial charge in [-0.15, -0.1) is 0 Å². The van der Waals surface area contributed by atoms with E-state index in [2.05, 4.69) is 49.2 Å². The number of hydrogen-bond acceptors (Lipinski definition) is 6. The maximum atomic E-state index is 6.50. The standard InChI is InChI=1S/C27H28N2O4/c1-16-10-11-19(17(2)12-16)21-15-22-20-8-6-7-9-23(20)33-27(29(22)28-21)18-13-24(30-3)26(32-5)25(14-18)31-4/h6-14,22,27H,15H2,1-5H3/t22-,27-/m0/s1. The summed E-state index contributed by atoms with van der Waals surface area (Å²) < 4.78 is 23.2. The molecule has 170 valence electrons. The summed E-state index contributed by atoms with van der Waals surface area (Å²) in [4.78, 5) is 0. The van der Waals surface area contributed by atoms with Crippen LogP contribution in [0.5, 0.6) is 23.0 Å². The predicted molar refractivity (Wildman–Crippen MR) is 128 cm³/mol. The molecule has 3 aromatic rings. The summed E-state index contributed by atoms with van der Waals surface area (Å²) in [5.41, 5.74) is 6.74. The average molecular weight is 445 g/mol. The molecule has 2 heterocycles. The molecule has 6 nitrogen and oxygen atoms in total. The van der Waals surface area contributed by atoms with Crippen molar-refractivity contribution in [1.29, 1.82) is 0 Å². The fraction of sp³-hybridized carbons (Fsp3) is 0.296. The van der Waals surface area contributed by atoms with Crippen LogP contribution < -0.4 is 18.9 Å². The van der Waals surface area contributed by atoms with Gasteiger partial charge in [0.25, 0.3) is 0 Å². The van der Waals surface area contributed by atoms with E-state index >= 15 is 0 Å². The molecule has 6 heteroatoms. The summed E-state index contributed by atoms with van der Waals surface area (Å²) in [6.07, 6.45) is 0.382. The number of benzene rings is 3. The highest BCUT2D eigenvalue weighted by atomic mass is 16.5. The lowest BCUT2D eigenvalue weighted by Crippen LogP contribution is -2.33. The van der Waals surface area contributed by atoms with E-state index in [9.17, 15) is 0 Å². The first-order valence-corrected chi connectivity index (χ1v) is 11.0. The molecule has 0 aromatic heterocycles. The third kappa shape index (κ3) is 3.55. The second-order valence-corrected chi connectivity index (χ2v) is 8.43. The Morgan fingerprint density at radius 2 is 1.64 bits per heavy atom. The highest BCUT2D eigenvalue weighted by molar-refractivity contribution is 6.03. The highest BCUT2D eigenvalue weighted by Gasteiger charge is 2.41. The number of hydrazone groups is 1. The van der Waals surface area contributed by atoms with E-state index in [1.54, 1.807) is 21.3 Å². The number of methoxy groups -OCH3 is 3. The molecule has 2 aliphatic rings. The van der Waals surface area contributed by atoms with Crippen LogP contribution in [0.1, 0.15) is 46.5 Å². The summed E-state index contributed by atoms with van der Waals surface area (Å²) in [5, 5.41) is 7.16. The third-order valence-corrected chi connectivity index (χ3v) is 6.36. The Hall–Kier alpha value is -3.67. The van der Waals surface area contributed by atoms with Crippen molar-refractivity contribution in [3.05, 3.63) is 82.4 Å². The van der Waals surface area contributed by atoms with Crippen LogP contribution in [0, 0.1) is 13.8 Å². The first-order valence-electron chi connectivity index (χ1n) is 11.0. The smallest absolute Gasteiger partial charge is 0.214 e. The summed E-state index contributed by atoms with van der Waals surface area (Å²) in [6, 6.07) is 18.7. The number of ether oxygens (including phenoxy) is 4. The summed E-state index contributed by atoms with van der Waals surface area (Å²) in [5.74, 6) is 2.60. The molecule has 5 rings (SSSR count). The molecule has 33 heavy (non-hydrogen) atoms. The van der Waals surface area contributed by atoms with Crippen LogP contribution in [-0.4, -0.2) is 32.0 Å². The van der Waals surface area contributed by atoms with Gasteiger partial charge in [-0.25, -0.2) is 5.01 Å². The van der Waals surface area contributed by atoms with E-state index in [1.165, 1.54) is 16.7 Å². The Morgan fingerprint density at radius 1 is 0.909 bits per heavy atom. The Labute approximate surface area is 194 Å².